The van der Waals surface area contributed by atoms with E-state index in [1.807, 2.05) is 0 Å². The zero-order valence-electron chi connectivity index (χ0n) is 29.9. The summed E-state index contributed by atoms with van der Waals surface area (Å²) in [6.07, 6.45) is 0. The molecule has 2 aliphatic heterocycles. The maximum Gasteiger partial charge on any atom is 0.220 e. The van der Waals surface area contributed by atoms with Crippen molar-refractivity contribution in [3.05, 3.63) is 204 Å². The van der Waals surface area contributed by atoms with Crippen LogP contribution in [0.3, 0.4) is 0 Å². The lowest BCUT2D eigenvalue weighted by atomic mass is 9.62. The van der Waals surface area contributed by atoms with E-state index in [0.29, 0.717) is 0 Å². The molecule has 6 heteroatoms. The van der Waals surface area contributed by atoms with Gasteiger partial charge in [-0.05, 0) is 66.7 Å². The van der Waals surface area contributed by atoms with E-state index in [1.165, 1.54) is 5.39 Å². The molecule has 0 bridgehead atoms. The number of rotatable bonds is 2. The maximum atomic E-state index is 6.98. The number of ether oxygens (including phenoxy) is 2. The summed E-state index contributed by atoms with van der Waals surface area (Å²) in [5.74, 6) is 4.18. The molecule has 0 radical (unpaired) electrons. The quantitative estimate of drug-likeness (QED) is 0.179. The summed E-state index contributed by atoms with van der Waals surface area (Å²) in [5.41, 5.74) is 12.0. The number of hydrogen-bond donors (Lipinski definition) is 0. The van der Waals surface area contributed by atoms with Crippen LogP contribution in [-0.2, 0) is 5.41 Å². The molecule has 0 N–H and O–H groups in total. The predicted molar refractivity (Wildman–Crippen MR) is 222 cm³/mol. The van der Waals surface area contributed by atoms with E-state index in [2.05, 4.69) is 196 Å². The van der Waals surface area contributed by atoms with Crippen molar-refractivity contribution in [3.63, 3.8) is 0 Å². The molecule has 0 unspecified atom stereocenters. The van der Waals surface area contributed by atoms with Crippen LogP contribution in [0.15, 0.2) is 182 Å². The second kappa shape index (κ2) is 10.8. The van der Waals surface area contributed by atoms with Crippen molar-refractivity contribution < 1.29 is 9.47 Å². The second-order valence-electron chi connectivity index (χ2n) is 14.7. The average Bonchev–Trinajstić information content (AvgIpc) is 3.90. The second-order valence-corrected chi connectivity index (χ2v) is 14.7. The molecule has 262 valence electrons. The maximum absolute atomic E-state index is 6.98. The first kappa shape index (κ1) is 29.8. The van der Waals surface area contributed by atoms with Gasteiger partial charge in [0.25, 0.3) is 0 Å². The van der Waals surface area contributed by atoms with Crippen LogP contribution < -0.4 is 9.47 Å². The van der Waals surface area contributed by atoms with E-state index < -0.39 is 5.41 Å². The molecule has 8 aromatic carbocycles. The van der Waals surface area contributed by atoms with Crippen molar-refractivity contribution in [1.29, 1.82) is 0 Å². The molecule has 56 heavy (non-hydrogen) atoms. The summed E-state index contributed by atoms with van der Waals surface area (Å²) in [6, 6.07) is 64.3. The Labute approximate surface area is 320 Å². The molecule has 5 heterocycles. The van der Waals surface area contributed by atoms with Gasteiger partial charge in [0.2, 0.25) is 5.78 Å². The van der Waals surface area contributed by atoms with Gasteiger partial charge in [0.05, 0.1) is 49.9 Å². The van der Waals surface area contributed by atoms with Crippen molar-refractivity contribution in [3.8, 4) is 34.4 Å². The fraction of sp³-hybridized carbons (Fsp3) is 0.0200. The Balaban J connectivity index is 1.23. The van der Waals surface area contributed by atoms with Crippen LogP contribution in [-0.4, -0.2) is 18.5 Å². The minimum atomic E-state index is -0.771. The van der Waals surface area contributed by atoms with E-state index in [1.54, 1.807) is 0 Å². The predicted octanol–water partition coefficient (Wildman–Crippen LogP) is 12.1. The lowest BCUT2D eigenvalue weighted by Crippen LogP contribution is -2.37. The third kappa shape index (κ3) is 3.63. The molecule has 0 atom stereocenters. The molecule has 2 aliphatic rings. The number of aromatic nitrogens is 4. The fourth-order valence-electron chi connectivity index (χ4n) is 9.86. The molecule has 0 aliphatic carbocycles. The Morgan fingerprint density at radius 3 is 1.64 bits per heavy atom. The molecule has 1 spiro atoms. The van der Waals surface area contributed by atoms with Gasteiger partial charge < -0.3 is 14.0 Å². The number of fused-ring (bicyclic) bond motifs is 16. The smallest absolute Gasteiger partial charge is 0.220 e. The Kier molecular flexibility index (Phi) is 5.74. The average molecular weight is 719 g/mol. The van der Waals surface area contributed by atoms with Crippen LogP contribution in [0.25, 0.3) is 61.0 Å². The van der Waals surface area contributed by atoms with E-state index in [0.717, 1.165) is 101 Å². The summed E-state index contributed by atoms with van der Waals surface area (Å²) >= 11 is 0. The fourth-order valence-corrected chi connectivity index (χ4v) is 9.86. The van der Waals surface area contributed by atoms with Gasteiger partial charge in [-0.1, -0.05) is 115 Å². The highest BCUT2D eigenvalue weighted by Crippen LogP contribution is 2.62. The number of imidazole rings is 2. The Hall–Kier alpha value is -7.57. The highest BCUT2D eigenvalue weighted by Gasteiger charge is 2.52. The first-order valence-corrected chi connectivity index (χ1v) is 19.0. The highest BCUT2D eigenvalue weighted by molar-refractivity contribution is 6.13. The minimum Gasteiger partial charge on any atom is -0.457 e. The number of benzene rings is 8. The van der Waals surface area contributed by atoms with Crippen molar-refractivity contribution in [2.24, 2.45) is 0 Å². The highest BCUT2D eigenvalue weighted by atomic mass is 16.5. The minimum absolute atomic E-state index is 0.771. The molecule has 13 rings (SSSR count). The van der Waals surface area contributed by atoms with Crippen LogP contribution in [0.2, 0.25) is 0 Å². The Morgan fingerprint density at radius 1 is 0.393 bits per heavy atom. The largest absolute Gasteiger partial charge is 0.457 e. The molecule has 0 saturated heterocycles. The van der Waals surface area contributed by atoms with Gasteiger partial charge in [0.15, 0.2) is 0 Å². The topological polar surface area (TPSA) is 45.6 Å². The van der Waals surface area contributed by atoms with Gasteiger partial charge in [0.1, 0.15) is 23.0 Å². The van der Waals surface area contributed by atoms with Gasteiger partial charge >= 0.3 is 0 Å². The lowest BCUT2D eigenvalue weighted by Gasteiger charge is -2.45. The van der Waals surface area contributed by atoms with Gasteiger partial charge in [-0.15, -0.1) is 0 Å². The zero-order valence-corrected chi connectivity index (χ0v) is 29.9. The Morgan fingerprint density at radius 2 is 0.911 bits per heavy atom. The summed E-state index contributed by atoms with van der Waals surface area (Å²) < 4.78 is 20.8. The summed E-state index contributed by atoms with van der Waals surface area (Å²) in [6.45, 7) is 0. The van der Waals surface area contributed by atoms with Gasteiger partial charge in [-0.25, -0.2) is 4.98 Å². The van der Waals surface area contributed by atoms with Crippen molar-refractivity contribution in [2.75, 3.05) is 0 Å². The normalized spacial score (nSPS) is 13.8. The standard InChI is InChI=1S/C50H30N4O2/c1-6-21-37-31(15-1)32-16-13-26-42(54-40-24-9-8-23-39(40)53-38-22-7-5-20-36(38)51-49(53)54)48(32)52(37)41-25-14-30-46-47(41)50(35-19-4-12-29-45(35)56-46)33-17-2-10-27-43(33)55-44-28-11-3-18-34(44)50/h1-30H. The van der Waals surface area contributed by atoms with E-state index in [9.17, 15) is 0 Å². The molecular weight excluding hydrogens is 689 g/mol. The number of para-hydroxylation sites is 9. The van der Waals surface area contributed by atoms with Crippen LogP contribution in [0.1, 0.15) is 22.3 Å². The van der Waals surface area contributed by atoms with Gasteiger partial charge in [0, 0.05) is 33.0 Å². The van der Waals surface area contributed by atoms with Crippen molar-refractivity contribution >= 4 is 49.7 Å². The number of nitrogens with zero attached hydrogens (tertiary/aromatic N) is 4. The number of hydrogen-bond acceptors (Lipinski definition) is 3. The summed E-state index contributed by atoms with van der Waals surface area (Å²) in [7, 11) is 0. The van der Waals surface area contributed by atoms with Crippen LogP contribution in [0.4, 0.5) is 0 Å². The van der Waals surface area contributed by atoms with Crippen LogP contribution in [0.5, 0.6) is 23.0 Å². The van der Waals surface area contributed by atoms with Crippen LogP contribution in [0, 0.1) is 0 Å². The van der Waals surface area contributed by atoms with Crippen molar-refractivity contribution in [1.82, 2.24) is 18.5 Å². The summed E-state index contributed by atoms with van der Waals surface area (Å²) in [4.78, 5) is 5.29. The van der Waals surface area contributed by atoms with Crippen LogP contribution >= 0.6 is 0 Å². The lowest BCUT2D eigenvalue weighted by molar-refractivity contribution is 0.399. The van der Waals surface area contributed by atoms with E-state index in [-0.39, 0.29) is 0 Å². The van der Waals surface area contributed by atoms with E-state index in [4.69, 9.17) is 14.5 Å². The summed E-state index contributed by atoms with van der Waals surface area (Å²) in [5, 5.41) is 2.32. The third-order valence-corrected chi connectivity index (χ3v) is 12.0. The van der Waals surface area contributed by atoms with E-state index >= 15 is 0 Å². The van der Waals surface area contributed by atoms with Crippen molar-refractivity contribution in [2.45, 2.75) is 5.41 Å². The third-order valence-electron chi connectivity index (χ3n) is 12.0. The first-order chi connectivity index (χ1) is 27.8. The van der Waals surface area contributed by atoms with Gasteiger partial charge in [-0.3, -0.25) is 8.97 Å². The molecule has 6 nitrogen and oxygen atoms in total. The zero-order chi connectivity index (χ0) is 36.5. The molecule has 3 aromatic heterocycles. The Bertz CT molecular complexity index is 3350. The molecule has 0 amide bonds. The molecule has 0 saturated carbocycles. The monoisotopic (exact) mass is 718 g/mol. The molecular formula is C50H30N4O2. The van der Waals surface area contributed by atoms with Gasteiger partial charge in [-0.2, -0.15) is 0 Å². The molecule has 0 fully saturated rings. The SMILES string of the molecule is c1ccc2c(c1)Oc1ccccc1C21c2ccccc2Oc2cccc(-n3c4ccccc4c4cccc(-n5c6ccccc6n6c7ccccc7nc56)c43)c21. The molecule has 11 aromatic rings. The first-order valence-electron chi connectivity index (χ1n) is 19.0.